The molecule has 94 valence electrons. The number of hydrogen-bond acceptors (Lipinski definition) is 7. The van der Waals surface area contributed by atoms with E-state index in [-0.39, 0.29) is 18.3 Å². The smallest absolute Gasteiger partial charge is 0.222 e. The highest BCUT2D eigenvalue weighted by Crippen LogP contribution is 2.22. The number of anilines is 2. The summed E-state index contributed by atoms with van der Waals surface area (Å²) in [6, 6.07) is 3.20. The number of aromatic hydroxyl groups is 1. The third-order valence-electron chi connectivity index (χ3n) is 2.18. The van der Waals surface area contributed by atoms with Crippen molar-refractivity contribution in [1.29, 1.82) is 0 Å². The highest BCUT2D eigenvalue weighted by atomic mass is 16.3. The third-order valence-corrected chi connectivity index (χ3v) is 2.18. The zero-order valence-corrected chi connectivity index (χ0v) is 9.54. The van der Waals surface area contributed by atoms with E-state index in [1.165, 1.54) is 12.3 Å². The zero-order chi connectivity index (χ0) is 13.0. The second-order valence-corrected chi connectivity index (χ2v) is 3.58. The molecule has 0 aliphatic heterocycles. The minimum absolute atomic E-state index is 0.00702. The summed E-state index contributed by atoms with van der Waals surface area (Å²) in [6.45, 7) is 0.362. The molecule has 18 heavy (non-hydrogen) atoms. The van der Waals surface area contributed by atoms with Crippen molar-refractivity contribution in [3.8, 4) is 17.0 Å². The van der Waals surface area contributed by atoms with Crippen LogP contribution in [0.15, 0.2) is 24.5 Å². The molecule has 0 spiro atoms. The maximum atomic E-state index is 9.37. The van der Waals surface area contributed by atoms with E-state index in [1.807, 2.05) is 0 Å². The number of nitrogen functional groups attached to an aromatic ring is 1. The Morgan fingerprint density at radius 2 is 2.06 bits per heavy atom. The summed E-state index contributed by atoms with van der Waals surface area (Å²) in [4.78, 5) is 11.9. The molecule has 0 radical (unpaired) electrons. The molecule has 0 amide bonds. The molecule has 0 saturated carbocycles. The van der Waals surface area contributed by atoms with Crippen molar-refractivity contribution >= 4 is 11.8 Å². The van der Waals surface area contributed by atoms with Gasteiger partial charge in [0.05, 0.1) is 18.5 Å². The molecule has 2 rings (SSSR count). The lowest BCUT2D eigenvalue weighted by atomic mass is 10.2. The van der Waals surface area contributed by atoms with Crippen LogP contribution in [-0.2, 0) is 0 Å². The molecule has 0 aliphatic carbocycles. The fraction of sp³-hybridized carbons (Fsp3) is 0.182. The maximum Gasteiger partial charge on any atom is 0.222 e. The van der Waals surface area contributed by atoms with E-state index in [1.54, 1.807) is 12.3 Å². The molecule has 7 nitrogen and oxygen atoms in total. The topological polar surface area (TPSA) is 117 Å². The second-order valence-electron chi connectivity index (χ2n) is 3.58. The molecule has 0 unspecified atom stereocenters. The van der Waals surface area contributed by atoms with Crippen LogP contribution in [0.1, 0.15) is 0 Å². The van der Waals surface area contributed by atoms with Crippen molar-refractivity contribution in [2.45, 2.75) is 0 Å². The van der Waals surface area contributed by atoms with Crippen LogP contribution in [0, 0.1) is 0 Å². The van der Waals surface area contributed by atoms with Crippen LogP contribution in [0.25, 0.3) is 11.3 Å². The summed E-state index contributed by atoms with van der Waals surface area (Å²) in [5, 5.41) is 21.0. The van der Waals surface area contributed by atoms with Gasteiger partial charge in [-0.15, -0.1) is 0 Å². The average molecular weight is 247 g/mol. The zero-order valence-electron chi connectivity index (χ0n) is 9.54. The summed E-state index contributed by atoms with van der Waals surface area (Å²) in [7, 11) is 0. The quantitative estimate of drug-likeness (QED) is 0.611. The average Bonchev–Trinajstić information content (AvgIpc) is 2.36. The number of aliphatic hydroxyl groups excluding tert-OH is 1. The van der Waals surface area contributed by atoms with Crippen molar-refractivity contribution in [1.82, 2.24) is 15.0 Å². The molecular formula is C11H13N5O2. The molecule has 7 heteroatoms. The lowest BCUT2D eigenvalue weighted by Gasteiger charge is -2.07. The third kappa shape index (κ3) is 2.83. The van der Waals surface area contributed by atoms with Gasteiger partial charge in [0, 0.05) is 24.4 Å². The van der Waals surface area contributed by atoms with E-state index in [0.29, 0.717) is 23.6 Å². The number of hydrogen-bond donors (Lipinski definition) is 4. The summed E-state index contributed by atoms with van der Waals surface area (Å²) in [6.07, 6.45) is 2.90. The van der Waals surface area contributed by atoms with Gasteiger partial charge in [0.2, 0.25) is 5.95 Å². The molecule has 2 aromatic rings. The van der Waals surface area contributed by atoms with Gasteiger partial charge in [-0.25, -0.2) is 4.98 Å². The molecule has 0 fully saturated rings. The lowest BCUT2D eigenvalue weighted by molar-refractivity contribution is 0.311. The van der Waals surface area contributed by atoms with Crippen LogP contribution in [0.3, 0.4) is 0 Å². The van der Waals surface area contributed by atoms with Crippen LogP contribution in [0.4, 0.5) is 11.8 Å². The van der Waals surface area contributed by atoms with E-state index in [4.69, 9.17) is 10.8 Å². The number of nitrogens with one attached hydrogen (secondary N) is 1. The number of aliphatic hydroxyl groups is 1. The molecule has 0 atom stereocenters. The van der Waals surface area contributed by atoms with Crippen molar-refractivity contribution in [2.24, 2.45) is 0 Å². The minimum atomic E-state index is -0.00702. The van der Waals surface area contributed by atoms with Crippen molar-refractivity contribution in [3.05, 3.63) is 24.5 Å². The van der Waals surface area contributed by atoms with Gasteiger partial charge in [-0.3, -0.25) is 4.98 Å². The Balaban J connectivity index is 2.35. The number of nitrogens with two attached hydrogens (primary N) is 1. The number of nitrogens with zero attached hydrogens (tertiary/aromatic N) is 3. The molecule has 5 N–H and O–H groups in total. The van der Waals surface area contributed by atoms with Crippen molar-refractivity contribution in [3.63, 3.8) is 0 Å². The van der Waals surface area contributed by atoms with Gasteiger partial charge in [0.15, 0.2) is 0 Å². The first-order valence-electron chi connectivity index (χ1n) is 5.32. The van der Waals surface area contributed by atoms with Crippen LogP contribution in [0.5, 0.6) is 5.75 Å². The predicted molar refractivity (Wildman–Crippen MR) is 66.9 cm³/mol. The first kappa shape index (κ1) is 12.1. The highest BCUT2D eigenvalue weighted by Gasteiger charge is 2.05. The first-order chi connectivity index (χ1) is 8.69. The molecule has 0 bridgehead atoms. The summed E-state index contributed by atoms with van der Waals surface area (Å²) < 4.78 is 0. The second kappa shape index (κ2) is 5.28. The maximum absolute atomic E-state index is 9.37. The number of pyridine rings is 1. The molecule has 2 aromatic heterocycles. The fourth-order valence-corrected chi connectivity index (χ4v) is 1.46. The Labute approximate surface area is 103 Å². The monoisotopic (exact) mass is 247 g/mol. The molecule has 2 heterocycles. The predicted octanol–water partition coefficient (Wildman–Crippen LogP) is 0.231. The van der Waals surface area contributed by atoms with Crippen LogP contribution >= 0.6 is 0 Å². The van der Waals surface area contributed by atoms with Gasteiger partial charge in [-0.05, 0) is 6.07 Å². The Morgan fingerprint density at radius 3 is 2.78 bits per heavy atom. The van der Waals surface area contributed by atoms with E-state index in [2.05, 4.69) is 20.3 Å². The number of rotatable bonds is 4. The van der Waals surface area contributed by atoms with Gasteiger partial charge in [0.25, 0.3) is 0 Å². The number of aromatic nitrogens is 3. The Kier molecular flexibility index (Phi) is 3.54. The van der Waals surface area contributed by atoms with Gasteiger partial charge < -0.3 is 21.3 Å². The molecule has 0 aromatic carbocycles. The Bertz CT molecular complexity index is 547. The van der Waals surface area contributed by atoms with E-state index in [0.717, 1.165) is 0 Å². The van der Waals surface area contributed by atoms with E-state index >= 15 is 0 Å². The van der Waals surface area contributed by atoms with Crippen LogP contribution < -0.4 is 11.1 Å². The van der Waals surface area contributed by atoms with Crippen LogP contribution in [0.2, 0.25) is 0 Å². The minimum Gasteiger partial charge on any atom is -0.506 e. The summed E-state index contributed by atoms with van der Waals surface area (Å²) in [5.41, 5.74) is 6.78. The van der Waals surface area contributed by atoms with Gasteiger partial charge in [-0.1, -0.05) is 0 Å². The van der Waals surface area contributed by atoms with Gasteiger partial charge in [-0.2, -0.15) is 4.98 Å². The normalized spacial score (nSPS) is 10.3. The van der Waals surface area contributed by atoms with E-state index in [9.17, 15) is 5.11 Å². The molecular weight excluding hydrogens is 234 g/mol. The summed E-state index contributed by atoms with van der Waals surface area (Å²) >= 11 is 0. The Morgan fingerprint density at radius 1 is 1.22 bits per heavy atom. The SMILES string of the molecule is Nc1nc(NCCO)cc(-c2cncc(O)c2)n1. The summed E-state index contributed by atoms with van der Waals surface area (Å²) in [5.74, 6) is 0.667. The van der Waals surface area contributed by atoms with Gasteiger partial charge >= 0.3 is 0 Å². The largest absolute Gasteiger partial charge is 0.506 e. The standard InChI is InChI=1S/C11H13N5O2/c12-11-15-9(4-10(16-11)14-1-2-17)7-3-8(18)6-13-5-7/h3-6,17-18H,1-2H2,(H3,12,14,15,16). The van der Waals surface area contributed by atoms with Crippen molar-refractivity contribution in [2.75, 3.05) is 24.2 Å². The fourth-order valence-electron chi connectivity index (χ4n) is 1.46. The van der Waals surface area contributed by atoms with Gasteiger partial charge in [0.1, 0.15) is 11.6 Å². The van der Waals surface area contributed by atoms with E-state index < -0.39 is 0 Å². The van der Waals surface area contributed by atoms with Crippen LogP contribution in [-0.4, -0.2) is 38.3 Å². The highest BCUT2D eigenvalue weighted by molar-refractivity contribution is 5.64. The Hall–Kier alpha value is -2.41. The lowest BCUT2D eigenvalue weighted by Crippen LogP contribution is -2.09. The van der Waals surface area contributed by atoms with Crippen molar-refractivity contribution < 1.29 is 10.2 Å². The molecule has 0 aliphatic rings. The molecule has 0 saturated heterocycles. The first-order valence-corrected chi connectivity index (χ1v) is 5.32.